The van der Waals surface area contributed by atoms with Crippen molar-refractivity contribution in [1.82, 2.24) is 10.2 Å². The second kappa shape index (κ2) is 13.0. The Hall–Kier alpha value is -3.89. The second-order valence-corrected chi connectivity index (χ2v) is 11.8. The number of hydrogen-bond acceptors (Lipinski definition) is 8. The van der Waals surface area contributed by atoms with Crippen molar-refractivity contribution in [3.05, 3.63) is 71.1 Å². The fourth-order valence-electron chi connectivity index (χ4n) is 4.82. The molecule has 0 fully saturated rings. The van der Waals surface area contributed by atoms with Crippen LogP contribution < -0.4 is 5.32 Å². The van der Waals surface area contributed by atoms with Gasteiger partial charge in [-0.25, -0.2) is 9.59 Å². The summed E-state index contributed by atoms with van der Waals surface area (Å²) in [4.78, 5) is 50.5. The van der Waals surface area contributed by atoms with Crippen molar-refractivity contribution in [2.75, 3.05) is 6.61 Å². The summed E-state index contributed by atoms with van der Waals surface area (Å²) in [6.07, 6.45) is 1.03. The third-order valence-electron chi connectivity index (χ3n) is 6.89. The van der Waals surface area contributed by atoms with Crippen LogP contribution in [0, 0.1) is 5.41 Å². The number of esters is 1. The molecule has 1 unspecified atom stereocenters. The molecule has 0 aromatic heterocycles. The van der Waals surface area contributed by atoms with Crippen LogP contribution in [0.25, 0.3) is 11.1 Å². The van der Waals surface area contributed by atoms with E-state index in [0.29, 0.717) is 29.5 Å². The number of hydrogen-bond donors (Lipinski definition) is 4. The van der Waals surface area contributed by atoms with E-state index in [1.807, 2.05) is 6.92 Å². The number of nitrogens with zero attached hydrogens (tertiary/aromatic N) is 1. The van der Waals surface area contributed by atoms with E-state index in [1.54, 1.807) is 68.1 Å². The number of halogens is 1. The lowest BCUT2D eigenvalue weighted by atomic mass is 9.95. The SMILES string of the molecule is CCCC1(COC(=O)C(C)(C)C)NC(C(C)(C)O)=C(C(=O)O)N1Cc1ccc(-c2ccccc2C(=O)C(=O)O)cc1.Cl. The Bertz CT molecular complexity index is 1370. The highest BCUT2D eigenvalue weighted by atomic mass is 35.5. The summed E-state index contributed by atoms with van der Waals surface area (Å²) < 4.78 is 5.71. The molecule has 228 valence electrons. The van der Waals surface area contributed by atoms with Gasteiger partial charge in [0.05, 0.1) is 11.1 Å². The highest BCUT2D eigenvalue weighted by molar-refractivity contribution is 6.41. The molecule has 3 rings (SSSR count). The first-order valence-electron chi connectivity index (χ1n) is 13.4. The molecule has 2 aromatic carbocycles. The smallest absolute Gasteiger partial charge is 0.377 e. The molecule has 11 heteroatoms. The van der Waals surface area contributed by atoms with E-state index >= 15 is 0 Å². The summed E-state index contributed by atoms with van der Waals surface area (Å²) in [6.45, 7) is 10.0. The number of carboxylic acid groups (broad SMARTS) is 2. The number of benzene rings is 2. The normalized spacial score (nSPS) is 16.9. The van der Waals surface area contributed by atoms with Crippen LogP contribution in [-0.4, -0.2) is 61.8 Å². The van der Waals surface area contributed by atoms with E-state index in [4.69, 9.17) is 4.74 Å². The van der Waals surface area contributed by atoms with Crippen LogP contribution >= 0.6 is 12.4 Å². The molecule has 0 aliphatic carbocycles. The van der Waals surface area contributed by atoms with E-state index < -0.39 is 40.4 Å². The fraction of sp³-hybridized carbons (Fsp3) is 0.419. The zero-order valence-electron chi connectivity index (χ0n) is 24.7. The van der Waals surface area contributed by atoms with Gasteiger partial charge in [0.25, 0.3) is 5.78 Å². The third-order valence-corrected chi connectivity index (χ3v) is 6.89. The molecule has 0 radical (unpaired) electrons. The van der Waals surface area contributed by atoms with Crippen molar-refractivity contribution in [3.8, 4) is 11.1 Å². The van der Waals surface area contributed by atoms with Gasteiger partial charge in [-0.05, 0) is 57.7 Å². The van der Waals surface area contributed by atoms with Crippen LogP contribution in [0.1, 0.15) is 70.3 Å². The number of ether oxygens (including phenoxy) is 1. The average molecular weight is 603 g/mol. The summed E-state index contributed by atoms with van der Waals surface area (Å²) >= 11 is 0. The van der Waals surface area contributed by atoms with Crippen LogP contribution in [0.4, 0.5) is 0 Å². The first kappa shape index (κ1) is 34.3. The molecule has 1 heterocycles. The topological polar surface area (TPSA) is 153 Å². The molecule has 1 aliphatic heterocycles. The van der Waals surface area contributed by atoms with Gasteiger partial charge in [-0.2, -0.15) is 0 Å². The molecule has 0 bridgehead atoms. The number of aliphatic hydroxyl groups is 1. The molecule has 0 spiro atoms. The summed E-state index contributed by atoms with van der Waals surface area (Å²) in [6, 6.07) is 13.4. The third kappa shape index (κ3) is 7.30. The fourth-order valence-corrected chi connectivity index (χ4v) is 4.82. The van der Waals surface area contributed by atoms with Crippen molar-refractivity contribution >= 4 is 36.1 Å². The van der Waals surface area contributed by atoms with Crippen molar-refractivity contribution in [1.29, 1.82) is 0 Å². The molecule has 0 saturated carbocycles. The Morgan fingerprint density at radius 2 is 1.55 bits per heavy atom. The van der Waals surface area contributed by atoms with Gasteiger partial charge in [0.15, 0.2) is 0 Å². The maximum Gasteiger partial charge on any atom is 0.377 e. The van der Waals surface area contributed by atoms with Gasteiger partial charge < -0.3 is 30.3 Å². The molecule has 0 saturated heterocycles. The number of ketones is 1. The number of Topliss-reactive ketones (excluding diaryl/α,β-unsaturated/α-hetero) is 1. The van der Waals surface area contributed by atoms with E-state index in [2.05, 4.69) is 5.32 Å². The van der Waals surface area contributed by atoms with Crippen LogP contribution in [0.15, 0.2) is 59.9 Å². The molecule has 4 N–H and O–H groups in total. The van der Waals surface area contributed by atoms with Gasteiger partial charge >= 0.3 is 17.9 Å². The number of carbonyl (C=O) groups excluding carboxylic acids is 2. The van der Waals surface area contributed by atoms with Crippen LogP contribution in [0.3, 0.4) is 0 Å². The zero-order valence-corrected chi connectivity index (χ0v) is 25.5. The van der Waals surface area contributed by atoms with E-state index in [9.17, 15) is 34.5 Å². The molecule has 10 nitrogen and oxygen atoms in total. The Morgan fingerprint density at radius 1 is 0.952 bits per heavy atom. The van der Waals surface area contributed by atoms with Gasteiger partial charge in [0.1, 0.15) is 23.6 Å². The van der Waals surface area contributed by atoms with Crippen molar-refractivity contribution in [3.63, 3.8) is 0 Å². The van der Waals surface area contributed by atoms with Crippen molar-refractivity contribution in [2.45, 2.75) is 72.2 Å². The van der Waals surface area contributed by atoms with E-state index in [0.717, 1.165) is 0 Å². The summed E-state index contributed by atoms with van der Waals surface area (Å²) in [5.74, 6) is -4.25. The minimum atomic E-state index is -1.55. The minimum absolute atomic E-state index is 0. The lowest BCUT2D eigenvalue weighted by Gasteiger charge is -2.41. The Labute approximate surface area is 251 Å². The van der Waals surface area contributed by atoms with Gasteiger partial charge in [-0.1, -0.05) is 61.9 Å². The lowest BCUT2D eigenvalue weighted by Crippen LogP contribution is -2.57. The molecule has 42 heavy (non-hydrogen) atoms. The van der Waals surface area contributed by atoms with Crippen molar-refractivity contribution in [2.24, 2.45) is 5.41 Å². The molecular formula is C31H39ClN2O8. The van der Waals surface area contributed by atoms with Gasteiger partial charge in [-0.15, -0.1) is 12.4 Å². The molecule has 0 amide bonds. The van der Waals surface area contributed by atoms with Crippen LogP contribution in [0.5, 0.6) is 0 Å². The molecule has 1 atom stereocenters. The van der Waals surface area contributed by atoms with Crippen molar-refractivity contribution < 1.29 is 39.2 Å². The number of nitrogens with one attached hydrogen (secondary N) is 1. The Balaban J connectivity index is 0.00000616. The van der Waals surface area contributed by atoms with E-state index in [1.165, 1.54) is 19.9 Å². The predicted molar refractivity (Wildman–Crippen MR) is 159 cm³/mol. The lowest BCUT2D eigenvalue weighted by molar-refractivity contribution is -0.158. The predicted octanol–water partition coefficient (Wildman–Crippen LogP) is 4.60. The Morgan fingerprint density at radius 3 is 2.05 bits per heavy atom. The van der Waals surface area contributed by atoms with Crippen LogP contribution in [-0.2, 0) is 25.7 Å². The minimum Gasteiger partial charge on any atom is -0.477 e. The number of rotatable bonds is 11. The zero-order chi connectivity index (χ0) is 30.8. The first-order chi connectivity index (χ1) is 19.0. The maximum absolute atomic E-state index is 12.7. The number of carbonyl (C=O) groups is 4. The first-order valence-corrected chi connectivity index (χ1v) is 13.4. The van der Waals surface area contributed by atoms with Crippen LogP contribution in [0.2, 0.25) is 0 Å². The van der Waals surface area contributed by atoms with Gasteiger partial charge in [-0.3, -0.25) is 9.59 Å². The molecular weight excluding hydrogens is 564 g/mol. The van der Waals surface area contributed by atoms with E-state index in [-0.39, 0.29) is 42.5 Å². The summed E-state index contributed by atoms with van der Waals surface area (Å²) in [5.41, 5.74) is -1.61. The standard InChI is InChI=1S/C31H38N2O8.ClH/c1-7-16-31(18-41-28(39)29(2,3)4)32-25(30(5,6)40)23(26(35)36)33(31)17-19-12-14-20(15-13-19)21-10-8-9-11-22(21)24(34)27(37)38;/h8-15,32,40H,7,16-18H2,1-6H3,(H,35,36)(H,37,38);1H. The van der Waals surface area contributed by atoms with Gasteiger partial charge in [0, 0.05) is 12.1 Å². The number of carboxylic acids is 2. The summed E-state index contributed by atoms with van der Waals surface area (Å²) in [7, 11) is 0. The highest BCUT2D eigenvalue weighted by Gasteiger charge is 2.51. The molecule has 2 aromatic rings. The maximum atomic E-state index is 12.7. The monoisotopic (exact) mass is 602 g/mol. The second-order valence-electron chi connectivity index (χ2n) is 11.8. The average Bonchev–Trinajstić information content (AvgIpc) is 3.21. The summed E-state index contributed by atoms with van der Waals surface area (Å²) in [5, 5.41) is 33.6. The number of aliphatic carboxylic acids is 2. The highest BCUT2D eigenvalue weighted by Crippen LogP contribution is 2.39. The largest absolute Gasteiger partial charge is 0.477 e. The van der Waals surface area contributed by atoms with Gasteiger partial charge in [0.2, 0.25) is 0 Å². The Kier molecular flexibility index (Phi) is 10.6. The molecule has 1 aliphatic rings. The quantitative estimate of drug-likeness (QED) is 0.163.